The maximum absolute atomic E-state index is 8.92. The molecule has 0 fully saturated rings. The summed E-state index contributed by atoms with van der Waals surface area (Å²) in [7, 11) is -5.32. The highest BCUT2D eigenvalue weighted by atomic mass is 28.5. The molecule has 0 aliphatic carbocycles. The number of nitrogens with zero attached hydrogens (tertiary/aromatic N) is 1. The van der Waals surface area contributed by atoms with Gasteiger partial charge in [0, 0.05) is 0 Å². The predicted octanol–water partition coefficient (Wildman–Crippen LogP) is 7.55. The van der Waals surface area contributed by atoms with Crippen LogP contribution in [0.25, 0.3) is 11.1 Å². The summed E-state index contributed by atoms with van der Waals surface area (Å²) < 4.78 is 18.9. The molecule has 174 valence electrons. The van der Waals surface area contributed by atoms with Gasteiger partial charge in [0.2, 0.25) is 0 Å². The van der Waals surface area contributed by atoms with Crippen LogP contribution in [0.5, 0.6) is 5.75 Å². The number of unbranched alkanes of at least 4 members (excludes halogenated alkanes) is 2. The molecule has 0 aliphatic rings. The Morgan fingerprint density at radius 2 is 1.28 bits per heavy atom. The van der Waals surface area contributed by atoms with Crippen LogP contribution in [-0.4, -0.2) is 31.8 Å². The third-order valence-electron chi connectivity index (χ3n) is 4.97. The van der Waals surface area contributed by atoms with E-state index >= 15 is 0 Å². The second kappa shape index (κ2) is 11.4. The Labute approximate surface area is 198 Å². The second-order valence-electron chi connectivity index (χ2n) is 10.3. The summed E-state index contributed by atoms with van der Waals surface area (Å²) in [6.45, 7) is 16.5. The van der Waals surface area contributed by atoms with E-state index in [9.17, 15) is 0 Å². The van der Waals surface area contributed by atoms with E-state index in [4.69, 9.17) is 18.2 Å². The van der Waals surface area contributed by atoms with Crippen LogP contribution in [0.2, 0.25) is 51.9 Å². The van der Waals surface area contributed by atoms with E-state index in [1.807, 2.05) is 36.4 Å². The summed E-state index contributed by atoms with van der Waals surface area (Å²) in [5.74, 6) is 0.900. The molecule has 0 aliphatic heterocycles. The van der Waals surface area contributed by atoms with Crippen molar-refractivity contribution in [3.05, 3.63) is 54.1 Å². The maximum atomic E-state index is 8.92. The van der Waals surface area contributed by atoms with Gasteiger partial charge < -0.3 is 13.0 Å². The minimum absolute atomic E-state index is 0.678. The largest absolute Gasteiger partial charge is 0.494 e. The standard InChI is InChI=1S/C25H39NO3Si3/c1-30(2,3)28-32(6,7)29-31(4,5)20-10-8-9-19-27-25-17-15-24(16-18-25)23-13-11-22(21-26)12-14-23/h11-18H,8-10,19-20H2,1-7H3. The van der Waals surface area contributed by atoms with Gasteiger partial charge in [0.15, 0.2) is 16.6 Å². The molecule has 0 N–H and O–H groups in total. The zero-order valence-corrected chi connectivity index (χ0v) is 23.8. The Morgan fingerprint density at radius 3 is 1.81 bits per heavy atom. The molecular formula is C25H39NO3Si3. The van der Waals surface area contributed by atoms with Gasteiger partial charge in [-0.05, 0) is 93.7 Å². The van der Waals surface area contributed by atoms with Crippen LogP contribution in [0.3, 0.4) is 0 Å². The van der Waals surface area contributed by atoms with Crippen LogP contribution in [0.4, 0.5) is 0 Å². The van der Waals surface area contributed by atoms with Crippen LogP contribution >= 0.6 is 0 Å². The van der Waals surface area contributed by atoms with Crippen molar-refractivity contribution in [3.8, 4) is 22.9 Å². The molecule has 7 heteroatoms. The molecule has 0 spiro atoms. The van der Waals surface area contributed by atoms with Gasteiger partial charge in [-0.2, -0.15) is 5.26 Å². The lowest BCUT2D eigenvalue weighted by Crippen LogP contribution is -2.51. The number of nitriles is 1. The highest BCUT2D eigenvalue weighted by molar-refractivity contribution is 6.87. The van der Waals surface area contributed by atoms with E-state index in [-0.39, 0.29) is 0 Å². The normalized spacial score (nSPS) is 12.4. The lowest BCUT2D eigenvalue weighted by atomic mass is 10.0. The lowest BCUT2D eigenvalue weighted by molar-refractivity contribution is 0.305. The van der Waals surface area contributed by atoms with Crippen molar-refractivity contribution < 1.29 is 13.0 Å². The van der Waals surface area contributed by atoms with Crippen molar-refractivity contribution in [1.29, 1.82) is 5.26 Å². The third-order valence-corrected chi connectivity index (χ3v) is 15.1. The SMILES string of the molecule is C[Si](C)(C)O[Si](C)(C)O[Si](C)(C)CCCCCOc1ccc(-c2ccc(C#N)cc2)cc1. The topological polar surface area (TPSA) is 51.5 Å². The molecule has 0 atom stereocenters. The van der Waals surface area contributed by atoms with E-state index in [0.717, 1.165) is 42.4 Å². The van der Waals surface area contributed by atoms with Gasteiger partial charge >= 0.3 is 8.56 Å². The number of hydrogen-bond donors (Lipinski definition) is 0. The summed E-state index contributed by atoms with van der Waals surface area (Å²) in [5.41, 5.74) is 2.90. The summed E-state index contributed by atoms with van der Waals surface area (Å²) in [6, 6.07) is 19.1. The first-order valence-electron chi connectivity index (χ1n) is 11.5. The Morgan fingerprint density at radius 1 is 0.719 bits per heavy atom. The Balaban J connectivity index is 1.69. The van der Waals surface area contributed by atoms with Crippen LogP contribution in [-0.2, 0) is 8.23 Å². The molecule has 4 nitrogen and oxygen atoms in total. The van der Waals surface area contributed by atoms with Gasteiger partial charge in [-0.15, -0.1) is 0 Å². The van der Waals surface area contributed by atoms with Gasteiger partial charge in [0.25, 0.3) is 0 Å². The van der Waals surface area contributed by atoms with E-state index in [2.05, 4.69) is 64.0 Å². The van der Waals surface area contributed by atoms with Crippen molar-refractivity contribution in [2.75, 3.05) is 6.61 Å². The van der Waals surface area contributed by atoms with Crippen molar-refractivity contribution in [3.63, 3.8) is 0 Å². The van der Waals surface area contributed by atoms with Gasteiger partial charge in [-0.3, -0.25) is 0 Å². The minimum Gasteiger partial charge on any atom is -0.494 e. The smallest absolute Gasteiger partial charge is 0.311 e. The molecular weight excluding hydrogens is 447 g/mol. The van der Waals surface area contributed by atoms with Crippen molar-refractivity contribution in [1.82, 2.24) is 0 Å². The molecule has 0 radical (unpaired) electrons. The fourth-order valence-corrected chi connectivity index (χ4v) is 17.2. The molecule has 0 aromatic heterocycles. The quantitative estimate of drug-likeness (QED) is 0.230. The van der Waals surface area contributed by atoms with E-state index < -0.39 is 25.2 Å². The van der Waals surface area contributed by atoms with E-state index in [1.165, 1.54) is 6.42 Å². The molecule has 32 heavy (non-hydrogen) atoms. The van der Waals surface area contributed by atoms with Crippen molar-refractivity contribution in [2.45, 2.75) is 71.1 Å². The van der Waals surface area contributed by atoms with Gasteiger partial charge in [0.05, 0.1) is 18.2 Å². The lowest BCUT2D eigenvalue weighted by Gasteiger charge is -2.37. The van der Waals surface area contributed by atoms with E-state index in [0.29, 0.717) is 5.56 Å². The number of rotatable bonds is 12. The minimum atomic E-state index is -2.04. The first-order valence-corrected chi connectivity index (χ1v) is 20.9. The first kappa shape index (κ1) is 26.6. The third kappa shape index (κ3) is 9.84. The van der Waals surface area contributed by atoms with Gasteiger partial charge in [-0.25, -0.2) is 0 Å². The highest BCUT2D eigenvalue weighted by Crippen LogP contribution is 2.25. The van der Waals surface area contributed by atoms with E-state index in [1.54, 1.807) is 0 Å². The molecule has 2 aromatic rings. The summed E-state index contributed by atoms with van der Waals surface area (Å²) in [4.78, 5) is 0. The van der Waals surface area contributed by atoms with Gasteiger partial charge in [0.1, 0.15) is 5.75 Å². The fraction of sp³-hybridized carbons (Fsp3) is 0.480. The van der Waals surface area contributed by atoms with Crippen LogP contribution in [0.15, 0.2) is 48.5 Å². The van der Waals surface area contributed by atoms with Gasteiger partial charge in [-0.1, -0.05) is 37.1 Å². The van der Waals surface area contributed by atoms with Crippen LogP contribution in [0, 0.1) is 11.3 Å². The Bertz CT molecular complexity index is 883. The zero-order valence-electron chi connectivity index (χ0n) is 20.8. The monoisotopic (exact) mass is 485 g/mol. The van der Waals surface area contributed by atoms with Crippen LogP contribution in [0.1, 0.15) is 24.8 Å². The molecule has 0 saturated heterocycles. The van der Waals surface area contributed by atoms with Crippen molar-refractivity contribution in [2.24, 2.45) is 0 Å². The van der Waals surface area contributed by atoms with Crippen LogP contribution < -0.4 is 4.74 Å². The Hall–Kier alpha value is -1.70. The highest BCUT2D eigenvalue weighted by Gasteiger charge is 2.37. The first-order chi connectivity index (χ1) is 14.9. The molecule has 2 rings (SSSR count). The van der Waals surface area contributed by atoms with Crippen molar-refractivity contribution >= 4 is 25.2 Å². The molecule has 0 amide bonds. The number of benzene rings is 2. The second-order valence-corrected chi connectivity index (χ2v) is 23.0. The molecule has 0 saturated carbocycles. The average molecular weight is 486 g/mol. The molecule has 0 bridgehead atoms. The number of hydrogen-bond acceptors (Lipinski definition) is 4. The maximum Gasteiger partial charge on any atom is 0.311 e. The molecule has 0 unspecified atom stereocenters. The molecule has 0 heterocycles. The number of ether oxygens (including phenoxy) is 1. The summed E-state index contributed by atoms with van der Waals surface area (Å²) in [6.07, 6.45) is 3.38. The zero-order chi connectivity index (χ0) is 23.8. The predicted molar refractivity (Wildman–Crippen MR) is 141 cm³/mol. The molecule has 2 aromatic carbocycles. The summed E-state index contributed by atoms with van der Waals surface area (Å²) in [5, 5.41) is 8.92. The fourth-order valence-electron chi connectivity index (χ4n) is 3.98. The average Bonchev–Trinajstić information content (AvgIpc) is 2.68. The Kier molecular flexibility index (Phi) is 9.49. The summed E-state index contributed by atoms with van der Waals surface area (Å²) >= 11 is 0.